The molecule has 2 aromatic carbocycles. The number of carbonyl (C=O) groups is 1. The number of aromatic hydroxyl groups is 1. The number of hydrogen-bond acceptors (Lipinski definition) is 6. The van der Waals surface area contributed by atoms with Crippen LogP contribution in [0.1, 0.15) is 27.0 Å². The quantitative estimate of drug-likeness (QED) is 0.409. The van der Waals surface area contributed by atoms with E-state index in [1.54, 1.807) is 19.9 Å². The third-order valence-electron chi connectivity index (χ3n) is 3.96. The fourth-order valence-corrected chi connectivity index (χ4v) is 2.66. The van der Waals surface area contributed by atoms with E-state index in [0.717, 1.165) is 5.56 Å². The summed E-state index contributed by atoms with van der Waals surface area (Å²) in [4.78, 5) is 12.8. The maximum atomic E-state index is 12.8. The molecule has 0 aromatic heterocycles. The van der Waals surface area contributed by atoms with E-state index in [-0.39, 0.29) is 36.4 Å². The summed E-state index contributed by atoms with van der Waals surface area (Å²) in [6, 6.07) is 9.41. The van der Waals surface area contributed by atoms with Gasteiger partial charge < -0.3 is 24.1 Å². The molecule has 6 nitrogen and oxygen atoms in total. The molecule has 0 spiro atoms. The van der Waals surface area contributed by atoms with E-state index in [1.165, 1.54) is 20.3 Å². The molecule has 2 aromatic rings. The largest absolute Gasteiger partial charge is 0.507 e. The molecule has 0 radical (unpaired) electrons. The number of benzene rings is 2. The Kier molecular flexibility index (Phi) is 7.40. The lowest BCUT2D eigenvalue weighted by molar-refractivity contribution is 0.0439. The molecule has 2 rings (SSSR count). The zero-order chi connectivity index (χ0) is 19.8. The van der Waals surface area contributed by atoms with Crippen LogP contribution in [0.25, 0.3) is 6.08 Å². The molecule has 0 amide bonds. The number of phenols is 1. The smallest absolute Gasteiger partial charge is 0.193 e. The first-order valence-corrected chi connectivity index (χ1v) is 8.38. The maximum absolute atomic E-state index is 12.8. The highest BCUT2D eigenvalue weighted by Gasteiger charge is 2.25. The first kappa shape index (κ1) is 20.5. The topological polar surface area (TPSA) is 74.2 Å². The lowest BCUT2D eigenvalue weighted by atomic mass is 9.98. The van der Waals surface area contributed by atoms with Crippen LogP contribution in [0.15, 0.2) is 36.4 Å². The fourth-order valence-electron chi connectivity index (χ4n) is 2.66. The number of hydrogen-bond donors (Lipinski definition) is 1. The standard InChI is InChI=1S/C21H24O6/c1-14-19(23)18(17(22)11-10-16-8-6-5-7-9-16)21(27-13-25-4)15(2)20(14)26-12-24-3/h5-11,23H,12-13H2,1-4H3/b11-10+. The highest BCUT2D eigenvalue weighted by Crippen LogP contribution is 2.42. The van der Waals surface area contributed by atoms with Crippen molar-refractivity contribution >= 4 is 11.9 Å². The molecule has 1 N–H and O–H groups in total. The molecule has 144 valence electrons. The minimum atomic E-state index is -0.382. The molecule has 0 fully saturated rings. The zero-order valence-corrected chi connectivity index (χ0v) is 15.9. The van der Waals surface area contributed by atoms with Crippen LogP contribution >= 0.6 is 0 Å². The Morgan fingerprint density at radius 2 is 1.56 bits per heavy atom. The molecule has 27 heavy (non-hydrogen) atoms. The lowest BCUT2D eigenvalue weighted by Crippen LogP contribution is -2.10. The molecule has 0 bridgehead atoms. The summed E-state index contributed by atoms with van der Waals surface area (Å²) in [5, 5.41) is 10.7. The molecule has 0 saturated carbocycles. The Labute approximate surface area is 158 Å². The summed E-state index contributed by atoms with van der Waals surface area (Å²) in [7, 11) is 2.97. The van der Waals surface area contributed by atoms with Crippen molar-refractivity contribution in [2.24, 2.45) is 0 Å². The van der Waals surface area contributed by atoms with E-state index in [1.807, 2.05) is 30.3 Å². The van der Waals surface area contributed by atoms with Crippen molar-refractivity contribution in [1.29, 1.82) is 0 Å². The molecule has 0 saturated heterocycles. The van der Waals surface area contributed by atoms with Crippen molar-refractivity contribution in [2.75, 3.05) is 27.8 Å². The summed E-state index contributed by atoms with van der Waals surface area (Å²) in [5.41, 5.74) is 1.96. The van der Waals surface area contributed by atoms with Gasteiger partial charge in [-0.1, -0.05) is 36.4 Å². The van der Waals surface area contributed by atoms with Gasteiger partial charge in [-0.3, -0.25) is 4.79 Å². The Morgan fingerprint density at radius 1 is 0.963 bits per heavy atom. The van der Waals surface area contributed by atoms with Gasteiger partial charge in [-0.15, -0.1) is 0 Å². The van der Waals surface area contributed by atoms with Gasteiger partial charge in [0.15, 0.2) is 19.4 Å². The molecule has 0 unspecified atom stereocenters. The van der Waals surface area contributed by atoms with E-state index in [0.29, 0.717) is 16.9 Å². The van der Waals surface area contributed by atoms with Crippen molar-refractivity contribution < 1.29 is 28.8 Å². The number of ether oxygens (including phenoxy) is 4. The Balaban J connectivity index is 2.49. The molecular weight excluding hydrogens is 348 g/mol. The normalized spacial score (nSPS) is 11.0. The first-order chi connectivity index (χ1) is 13.0. The van der Waals surface area contributed by atoms with Crippen molar-refractivity contribution in [1.82, 2.24) is 0 Å². The number of allylic oxidation sites excluding steroid dienone is 1. The van der Waals surface area contributed by atoms with Crippen LogP contribution in [0, 0.1) is 13.8 Å². The number of methoxy groups -OCH3 is 2. The SMILES string of the molecule is COCOc1c(C)c(O)c(C(=O)/C=C/c2ccccc2)c(OCOC)c1C. The molecular formula is C21H24O6. The molecule has 0 aliphatic carbocycles. The predicted molar refractivity (Wildman–Crippen MR) is 102 cm³/mol. The molecule has 0 aliphatic rings. The predicted octanol–water partition coefficient (Wildman–Crippen LogP) is 3.87. The second-order valence-electron chi connectivity index (χ2n) is 5.84. The van der Waals surface area contributed by atoms with Gasteiger partial charge in [0.25, 0.3) is 0 Å². The molecule has 6 heteroatoms. The van der Waals surface area contributed by atoms with Gasteiger partial charge in [-0.05, 0) is 25.5 Å². The second kappa shape index (κ2) is 9.75. The summed E-state index contributed by atoms with van der Waals surface area (Å²) in [5.74, 6) is 0.0465. The first-order valence-electron chi connectivity index (χ1n) is 8.38. The van der Waals surface area contributed by atoms with Gasteiger partial charge in [0.1, 0.15) is 22.8 Å². The van der Waals surface area contributed by atoms with E-state index in [9.17, 15) is 9.90 Å². The van der Waals surface area contributed by atoms with Gasteiger partial charge in [-0.25, -0.2) is 0 Å². The van der Waals surface area contributed by atoms with Crippen LogP contribution in [0.3, 0.4) is 0 Å². The van der Waals surface area contributed by atoms with Gasteiger partial charge >= 0.3 is 0 Å². The van der Waals surface area contributed by atoms with Crippen molar-refractivity contribution in [3.05, 3.63) is 58.7 Å². The Morgan fingerprint density at radius 3 is 2.15 bits per heavy atom. The van der Waals surface area contributed by atoms with Gasteiger partial charge in [0.2, 0.25) is 0 Å². The number of ketones is 1. The van der Waals surface area contributed by atoms with Crippen LogP contribution in [0.2, 0.25) is 0 Å². The van der Waals surface area contributed by atoms with Crippen LogP contribution < -0.4 is 9.47 Å². The minimum absolute atomic E-state index is 0.00599. The van der Waals surface area contributed by atoms with Gasteiger partial charge in [0, 0.05) is 25.3 Å². The number of carbonyl (C=O) groups excluding carboxylic acids is 1. The summed E-state index contributed by atoms with van der Waals surface area (Å²) in [6.45, 7) is 3.35. The maximum Gasteiger partial charge on any atom is 0.193 e. The van der Waals surface area contributed by atoms with Crippen molar-refractivity contribution in [2.45, 2.75) is 13.8 Å². The molecule has 0 aliphatic heterocycles. The van der Waals surface area contributed by atoms with E-state index in [2.05, 4.69) is 0 Å². The van der Waals surface area contributed by atoms with Crippen LogP contribution in [-0.4, -0.2) is 38.7 Å². The average molecular weight is 372 g/mol. The van der Waals surface area contributed by atoms with Crippen LogP contribution in [0.4, 0.5) is 0 Å². The summed E-state index contributed by atoms with van der Waals surface area (Å²) < 4.78 is 21.0. The van der Waals surface area contributed by atoms with Gasteiger partial charge in [0.05, 0.1) is 0 Å². The number of phenolic OH excluding ortho intramolecular Hbond substituents is 1. The van der Waals surface area contributed by atoms with E-state index in [4.69, 9.17) is 18.9 Å². The highest BCUT2D eigenvalue weighted by atomic mass is 16.7. The Bertz CT molecular complexity index is 811. The summed E-state index contributed by atoms with van der Waals surface area (Å²) >= 11 is 0. The summed E-state index contributed by atoms with van der Waals surface area (Å²) in [6.07, 6.45) is 3.08. The Hall–Kier alpha value is -2.83. The lowest BCUT2D eigenvalue weighted by Gasteiger charge is -2.20. The fraction of sp³-hybridized carbons (Fsp3) is 0.286. The van der Waals surface area contributed by atoms with Crippen molar-refractivity contribution in [3.63, 3.8) is 0 Å². The average Bonchev–Trinajstić information content (AvgIpc) is 2.68. The van der Waals surface area contributed by atoms with Crippen LogP contribution in [0.5, 0.6) is 17.2 Å². The number of rotatable bonds is 9. The second-order valence-corrected chi connectivity index (χ2v) is 5.84. The minimum Gasteiger partial charge on any atom is -0.507 e. The highest BCUT2D eigenvalue weighted by molar-refractivity contribution is 6.11. The van der Waals surface area contributed by atoms with E-state index < -0.39 is 0 Å². The monoisotopic (exact) mass is 372 g/mol. The van der Waals surface area contributed by atoms with Crippen LogP contribution in [-0.2, 0) is 9.47 Å². The van der Waals surface area contributed by atoms with E-state index >= 15 is 0 Å². The third-order valence-corrected chi connectivity index (χ3v) is 3.96. The molecule has 0 atom stereocenters. The van der Waals surface area contributed by atoms with Crippen molar-refractivity contribution in [3.8, 4) is 17.2 Å². The van der Waals surface area contributed by atoms with Gasteiger partial charge in [-0.2, -0.15) is 0 Å². The third kappa shape index (κ3) is 4.87. The molecule has 0 heterocycles. The zero-order valence-electron chi connectivity index (χ0n) is 15.9.